The van der Waals surface area contributed by atoms with E-state index in [9.17, 15) is 0 Å². The molecule has 3 aromatic heterocycles. The van der Waals surface area contributed by atoms with Crippen molar-refractivity contribution in [1.82, 2.24) is 14.5 Å². The van der Waals surface area contributed by atoms with Crippen molar-refractivity contribution in [3.05, 3.63) is 235 Å². The first kappa shape index (κ1) is 34.4. The van der Waals surface area contributed by atoms with Crippen LogP contribution in [0.5, 0.6) is 0 Å². The van der Waals surface area contributed by atoms with Gasteiger partial charge in [-0.1, -0.05) is 176 Å². The lowest BCUT2D eigenvalue weighted by atomic mass is 9.67. The molecule has 3 heterocycles. The molecule has 63 heavy (non-hydrogen) atoms. The Kier molecular flexibility index (Phi) is 7.01. The van der Waals surface area contributed by atoms with Crippen LogP contribution in [-0.4, -0.2) is 14.5 Å². The maximum Gasteiger partial charge on any atom is 0.236 e. The summed E-state index contributed by atoms with van der Waals surface area (Å²) >= 11 is 0. The highest BCUT2D eigenvalue weighted by molar-refractivity contribution is 6.28. The molecule has 0 radical (unpaired) electrons. The van der Waals surface area contributed by atoms with E-state index in [-0.39, 0.29) is 0 Å². The van der Waals surface area contributed by atoms with Gasteiger partial charge in [0, 0.05) is 21.7 Å². The van der Waals surface area contributed by atoms with Crippen LogP contribution in [0.15, 0.2) is 217 Å². The highest BCUT2D eigenvalue weighted by atomic mass is 16.3. The van der Waals surface area contributed by atoms with E-state index in [1.807, 2.05) is 12.1 Å². The van der Waals surface area contributed by atoms with E-state index in [1.165, 1.54) is 65.7 Å². The summed E-state index contributed by atoms with van der Waals surface area (Å²) in [7, 11) is 0. The zero-order chi connectivity index (χ0) is 41.2. The Hall–Kier alpha value is -8.34. The van der Waals surface area contributed by atoms with Crippen LogP contribution in [0.2, 0.25) is 0 Å². The molecule has 4 nitrogen and oxygen atoms in total. The number of benzene rings is 10. The Morgan fingerprint density at radius 2 is 0.937 bits per heavy atom. The van der Waals surface area contributed by atoms with Gasteiger partial charge >= 0.3 is 0 Å². The SMILES string of the molecule is c1ccc(C2(c3ccccc3)c3ccccc3-c3ccc(-c4nc(-n5c6ccccc6c6cc7c8ccccc8c8ccccc8c7cc65)nc5c4oc4ccccc45)cc32)cc1. The maximum absolute atomic E-state index is 6.80. The van der Waals surface area contributed by atoms with Gasteiger partial charge in [-0.3, -0.25) is 4.57 Å². The average molecular weight is 802 g/mol. The Morgan fingerprint density at radius 1 is 0.381 bits per heavy atom. The van der Waals surface area contributed by atoms with Crippen molar-refractivity contribution < 1.29 is 4.42 Å². The Bertz CT molecular complexity index is 3990. The van der Waals surface area contributed by atoms with Gasteiger partial charge in [-0.2, -0.15) is 0 Å². The van der Waals surface area contributed by atoms with Gasteiger partial charge in [0.2, 0.25) is 5.95 Å². The van der Waals surface area contributed by atoms with E-state index in [2.05, 4.69) is 205 Å². The fraction of sp³-hybridized carbons (Fsp3) is 0.0169. The van der Waals surface area contributed by atoms with Crippen molar-refractivity contribution in [2.24, 2.45) is 0 Å². The molecule has 0 amide bonds. The minimum atomic E-state index is -0.561. The summed E-state index contributed by atoms with van der Waals surface area (Å²) in [5, 5.41) is 10.7. The molecule has 4 heteroatoms. The number of rotatable bonds is 4. The summed E-state index contributed by atoms with van der Waals surface area (Å²) < 4.78 is 9.06. The molecular formula is C59H35N3O. The molecule has 0 unspecified atom stereocenters. The van der Waals surface area contributed by atoms with Crippen molar-refractivity contribution in [3.8, 4) is 28.3 Å². The zero-order valence-electron chi connectivity index (χ0n) is 34.0. The van der Waals surface area contributed by atoms with Crippen LogP contribution in [0.25, 0.3) is 105 Å². The summed E-state index contributed by atoms with van der Waals surface area (Å²) in [6, 6.07) is 76.8. The number of hydrogen-bond donors (Lipinski definition) is 0. The third kappa shape index (κ3) is 4.64. The third-order valence-electron chi connectivity index (χ3n) is 13.7. The summed E-state index contributed by atoms with van der Waals surface area (Å²) in [5.74, 6) is 0.598. The van der Waals surface area contributed by atoms with Gasteiger partial charge in [-0.25, -0.2) is 9.97 Å². The topological polar surface area (TPSA) is 43.9 Å². The Balaban J connectivity index is 1.09. The van der Waals surface area contributed by atoms with E-state index >= 15 is 0 Å². The lowest BCUT2D eigenvalue weighted by Crippen LogP contribution is -2.28. The Labute approximate surface area is 362 Å². The van der Waals surface area contributed by atoms with E-state index in [1.54, 1.807) is 0 Å². The molecule has 1 aliphatic carbocycles. The summed E-state index contributed by atoms with van der Waals surface area (Å²) in [6.07, 6.45) is 0. The van der Waals surface area contributed by atoms with Crippen LogP contribution in [-0.2, 0) is 5.41 Å². The molecule has 0 aliphatic heterocycles. The molecule has 0 saturated heterocycles. The summed E-state index contributed by atoms with van der Waals surface area (Å²) in [4.78, 5) is 11.1. The van der Waals surface area contributed by atoms with Gasteiger partial charge < -0.3 is 4.42 Å². The third-order valence-corrected chi connectivity index (χ3v) is 13.7. The monoisotopic (exact) mass is 801 g/mol. The van der Waals surface area contributed by atoms with Crippen molar-refractivity contribution in [2.75, 3.05) is 0 Å². The maximum atomic E-state index is 6.80. The van der Waals surface area contributed by atoms with Gasteiger partial charge in [0.1, 0.15) is 16.8 Å². The second kappa shape index (κ2) is 12.8. The van der Waals surface area contributed by atoms with Crippen LogP contribution in [0.4, 0.5) is 0 Å². The van der Waals surface area contributed by atoms with Crippen LogP contribution >= 0.6 is 0 Å². The molecule has 0 bridgehead atoms. The molecule has 10 aromatic carbocycles. The van der Waals surface area contributed by atoms with E-state index in [0.29, 0.717) is 11.5 Å². The van der Waals surface area contributed by atoms with Crippen LogP contribution in [0.1, 0.15) is 22.3 Å². The number of fused-ring (bicyclic) bond motifs is 15. The first-order valence-corrected chi connectivity index (χ1v) is 21.6. The number of aromatic nitrogens is 3. The first-order valence-electron chi connectivity index (χ1n) is 21.6. The first-order chi connectivity index (χ1) is 31.3. The molecular weight excluding hydrogens is 767 g/mol. The molecule has 14 rings (SSSR count). The molecule has 0 saturated carbocycles. The average Bonchev–Trinajstić information content (AvgIpc) is 4.00. The van der Waals surface area contributed by atoms with Crippen LogP contribution in [0.3, 0.4) is 0 Å². The normalized spacial score (nSPS) is 13.2. The highest BCUT2D eigenvalue weighted by Crippen LogP contribution is 2.57. The summed E-state index contributed by atoms with van der Waals surface area (Å²) in [6.45, 7) is 0. The molecule has 292 valence electrons. The molecule has 0 spiro atoms. The Morgan fingerprint density at radius 3 is 1.65 bits per heavy atom. The van der Waals surface area contributed by atoms with Crippen molar-refractivity contribution in [3.63, 3.8) is 0 Å². The fourth-order valence-electron chi connectivity index (χ4n) is 11.0. The predicted octanol–water partition coefficient (Wildman–Crippen LogP) is 15.0. The van der Waals surface area contributed by atoms with E-state index in [4.69, 9.17) is 14.4 Å². The second-order valence-electron chi connectivity index (χ2n) is 16.8. The number of nitrogens with zero attached hydrogens (tertiary/aromatic N) is 3. The second-order valence-corrected chi connectivity index (χ2v) is 16.8. The lowest BCUT2D eigenvalue weighted by Gasteiger charge is -2.34. The largest absolute Gasteiger partial charge is 0.452 e. The number of furan rings is 1. The summed E-state index contributed by atoms with van der Waals surface area (Å²) in [5.41, 5.74) is 12.9. The molecule has 13 aromatic rings. The minimum Gasteiger partial charge on any atom is -0.452 e. The number of para-hydroxylation sites is 2. The van der Waals surface area contributed by atoms with Crippen LogP contribution < -0.4 is 0 Å². The van der Waals surface area contributed by atoms with E-state index < -0.39 is 5.41 Å². The molecule has 1 aliphatic rings. The quantitative estimate of drug-likeness (QED) is 0.167. The van der Waals surface area contributed by atoms with Gasteiger partial charge in [0.05, 0.1) is 16.4 Å². The fourth-order valence-corrected chi connectivity index (χ4v) is 11.0. The molecule has 0 atom stereocenters. The van der Waals surface area contributed by atoms with E-state index in [0.717, 1.165) is 49.5 Å². The number of hydrogen-bond acceptors (Lipinski definition) is 3. The van der Waals surface area contributed by atoms with Crippen molar-refractivity contribution >= 4 is 76.2 Å². The van der Waals surface area contributed by atoms with Gasteiger partial charge in [0.25, 0.3) is 0 Å². The lowest BCUT2D eigenvalue weighted by molar-refractivity contribution is 0.666. The predicted molar refractivity (Wildman–Crippen MR) is 259 cm³/mol. The zero-order valence-corrected chi connectivity index (χ0v) is 34.0. The molecule has 0 fully saturated rings. The van der Waals surface area contributed by atoms with Crippen LogP contribution in [0, 0.1) is 0 Å². The van der Waals surface area contributed by atoms with Gasteiger partial charge in [-0.05, 0) is 102 Å². The molecule has 0 N–H and O–H groups in total. The van der Waals surface area contributed by atoms with Gasteiger partial charge in [-0.15, -0.1) is 0 Å². The minimum absolute atomic E-state index is 0.561. The van der Waals surface area contributed by atoms with Crippen molar-refractivity contribution in [1.29, 1.82) is 0 Å². The smallest absolute Gasteiger partial charge is 0.236 e. The standard InChI is InChI=1S/C59H35N3O/c1-3-17-37(18-4-1)59(38-19-5-2-6-20-38)50-28-14-11-25-43(50)44-32-31-36(33-51(44)59)55-57-56(46-27-13-16-30-54(46)63-57)61-58(60-55)62-52-29-15-12-26-45(52)49-34-47-41-23-9-7-21-39(41)40-22-8-10-24-42(40)48(47)35-53(49)62/h1-35H. The van der Waals surface area contributed by atoms with Crippen molar-refractivity contribution in [2.45, 2.75) is 5.41 Å². The highest BCUT2D eigenvalue weighted by Gasteiger charge is 2.46. The van der Waals surface area contributed by atoms with Gasteiger partial charge in [0.15, 0.2) is 5.58 Å².